The number of non-ortho nitro benzene ring substituents is 1. The maximum Gasteiger partial charge on any atom is 0.271 e. The van der Waals surface area contributed by atoms with Crippen molar-refractivity contribution in [1.29, 1.82) is 0 Å². The second kappa shape index (κ2) is 8.21. The van der Waals surface area contributed by atoms with Crippen molar-refractivity contribution in [3.8, 4) is 0 Å². The Morgan fingerprint density at radius 2 is 1.88 bits per heavy atom. The lowest BCUT2D eigenvalue weighted by Gasteiger charge is -2.08. The van der Waals surface area contributed by atoms with Crippen LogP contribution in [0.5, 0.6) is 0 Å². The van der Waals surface area contributed by atoms with E-state index in [2.05, 4.69) is 23.5 Å². The number of carbonyl (C=O) groups excluding carboxylic acids is 1. The largest absolute Gasteiger partial charge is 0.324 e. The number of benzene rings is 3. The number of nitrogens with zero attached hydrogens (tertiary/aromatic N) is 1. The first-order valence-corrected chi connectivity index (χ1v) is 9.36. The Balaban J connectivity index is 1.61. The summed E-state index contributed by atoms with van der Waals surface area (Å²) < 4.78 is 0. The van der Waals surface area contributed by atoms with Gasteiger partial charge in [-0.05, 0) is 22.4 Å². The van der Waals surface area contributed by atoms with Crippen molar-refractivity contribution < 1.29 is 9.72 Å². The number of anilines is 1. The smallest absolute Gasteiger partial charge is 0.271 e. The Morgan fingerprint density at radius 3 is 2.69 bits per heavy atom. The number of nitro groups is 1. The number of fused-ring (bicyclic) bond motifs is 1. The summed E-state index contributed by atoms with van der Waals surface area (Å²) in [6, 6.07) is 18.2. The van der Waals surface area contributed by atoms with E-state index < -0.39 is 4.92 Å². The van der Waals surface area contributed by atoms with Gasteiger partial charge < -0.3 is 5.32 Å². The van der Waals surface area contributed by atoms with Crippen LogP contribution in [0.25, 0.3) is 10.8 Å². The van der Waals surface area contributed by atoms with E-state index in [1.54, 1.807) is 0 Å². The van der Waals surface area contributed by atoms with Crippen LogP contribution in [0.3, 0.4) is 0 Å². The predicted octanol–water partition coefficient (Wildman–Crippen LogP) is 5.27. The minimum absolute atomic E-state index is 0.117. The van der Waals surface area contributed by atoms with Gasteiger partial charge in [0.05, 0.1) is 21.4 Å². The van der Waals surface area contributed by atoms with E-state index in [9.17, 15) is 14.9 Å². The van der Waals surface area contributed by atoms with Gasteiger partial charge in [-0.2, -0.15) is 0 Å². The topological polar surface area (TPSA) is 72.2 Å². The molecule has 0 fully saturated rings. The van der Waals surface area contributed by atoms with Crippen LogP contribution in [0, 0.1) is 10.1 Å². The molecule has 0 atom stereocenters. The molecule has 0 radical (unpaired) electrons. The summed E-state index contributed by atoms with van der Waals surface area (Å²) in [5, 5.41) is 16.1. The van der Waals surface area contributed by atoms with E-state index >= 15 is 0 Å². The number of thioether (sulfide) groups is 1. The van der Waals surface area contributed by atoms with Gasteiger partial charge in [0.25, 0.3) is 5.69 Å². The Labute approximate surface area is 159 Å². The van der Waals surface area contributed by atoms with E-state index in [1.807, 2.05) is 24.3 Å². The Morgan fingerprint density at radius 1 is 1.12 bits per heavy atom. The molecule has 0 bridgehead atoms. The number of hydrogen-bond acceptors (Lipinski definition) is 4. The van der Waals surface area contributed by atoms with E-state index in [1.165, 1.54) is 40.7 Å². The molecule has 0 aliphatic heterocycles. The van der Waals surface area contributed by atoms with Gasteiger partial charge in [-0.1, -0.05) is 54.1 Å². The van der Waals surface area contributed by atoms with Gasteiger partial charge in [0.1, 0.15) is 0 Å². The van der Waals surface area contributed by atoms with Crippen molar-refractivity contribution in [2.24, 2.45) is 0 Å². The molecule has 26 heavy (non-hydrogen) atoms. The highest BCUT2D eigenvalue weighted by Gasteiger charge is 2.12. The average Bonchev–Trinajstić information content (AvgIpc) is 2.63. The van der Waals surface area contributed by atoms with Crippen LogP contribution < -0.4 is 5.32 Å². The maximum absolute atomic E-state index is 12.1. The molecule has 132 valence electrons. The summed E-state index contributed by atoms with van der Waals surface area (Å²) >= 11 is 7.47. The normalized spacial score (nSPS) is 10.7. The van der Waals surface area contributed by atoms with Crippen LogP contribution in [-0.2, 0) is 10.5 Å². The van der Waals surface area contributed by atoms with Crippen LogP contribution in [0.2, 0.25) is 5.02 Å². The molecule has 1 amide bonds. The number of amides is 1. The van der Waals surface area contributed by atoms with Gasteiger partial charge in [-0.15, -0.1) is 11.8 Å². The van der Waals surface area contributed by atoms with E-state index in [0.29, 0.717) is 5.75 Å². The lowest BCUT2D eigenvalue weighted by atomic mass is 10.1. The Kier molecular flexibility index (Phi) is 5.75. The Hall–Kier alpha value is -2.57. The molecule has 3 aromatic rings. The zero-order valence-electron chi connectivity index (χ0n) is 13.6. The van der Waals surface area contributed by atoms with Gasteiger partial charge in [0, 0.05) is 17.9 Å². The van der Waals surface area contributed by atoms with E-state index in [-0.39, 0.29) is 28.1 Å². The molecule has 0 saturated carbocycles. The minimum Gasteiger partial charge on any atom is -0.324 e. The van der Waals surface area contributed by atoms with Gasteiger partial charge >= 0.3 is 0 Å². The van der Waals surface area contributed by atoms with Gasteiger partial charge in [0.2, 0.25) is 5.91 Å². The molecule has 0 unspecified atom stereocenters. The van der Waals surface area contributed by atoms with Crippen molar-refractivity contribution in [2.75, 3.05) is 11.1 Å². The van der Waals surface area contributed by atoms with Gasteiger partial charge in [-0.3, -0.25) is 14.9 Å². The average molecular weight is 387 g/mol. The van der Waals surface area contributed by atoms with Gasteiger partial charge in [-0.25, -0.2) is 0 Å². The molecule has 0 saturated heterocycles. The second-order valence-corrected chi connectivity index (χ2v) is 6.99. The first kappa shape index (κ1) is 18.2. The van der Waals surface area contributed by atoms with Crippen LogP contribution in [0.1, 0.15) is 5.56 Å². The molecule has 0 aliphatic carbocycles. The third kappa shape index (κ3) is 4.33. The van der Waals surface area contributed by atoms with Crippen molar-refractivity contribution in [1.82, 2.24) is 0 Å². The number of nitro benzene ring substituents is 1. The third-order valence-electron chi connectivity index (χ3n) is 3.81. The summed E-state index contributed by atoms with van der Waals surface area (Å²) in [5.74, 6) is 0.664. The Bertz CT molecular complexity index is 973. The first-order chi connectivity index (χ1) is 12.5. The van der Waals surface area contributed by atoms with E-state index in [0.717, 1.165) is 5.56 Å². The monoisotopic (exact) mass is 386 g/mol. The SMILES string of the molecule is O=C(CSCc1cccc2ccccc12)Nc1cc([N+](=O)[O-])ccc1Cl. The minimum atomic E-state index is -0.527. The first-order valence-electron chi connectivity index (χ1n) is 7.83. The standard InChI is InChI=1S/C19H15ClN2O3S/c20-17-9-8-15(22(24)25)10-18(17)21-19(23)12-26-11-14-6-3-5-13-4-1-2-7-16(13)14/h1-10H,11-12H2,(H,21,23). The van der Waals surface area contributed by atoms with Crippen LogP contribution in [-0.4, -0.2) is 16.6 Å². The second-order valence-electron chi connectivity index (χ2n) is 5.60. The fourth-order valence-electron chi connectivity index (χ4n) is 2.58. The zero-order chi connectivity index (χ0) is 18.5. The fraction of sp³-hybridized carbons (Fsp3) is 0.105. The summed E-state index contributed by atoms with van der Waals surface area (Å²) in [6.45, 7) is 0. The van der Waals surface area contributed by atoms with Crippen molar-refractivity contribution in [3.05, 3.63) is 81.4 Å². The molecular formula is C19H15ClN2O3S. The lowest BCUT2D eigenvalue weighted by Crippen LogP contribution is -2.14. The van der Waals surface area contributed by atoms with Crippen molar-refractivity contribution in [2.45, 2.75) is 5.75 Å². The fourth-order valence-corrected chi connectivity index (χ4v) is 3.58. The number of rotatable bonds is 6. The molecule has 0 heterocycles. The molecule has 0 aliphatic rings. The highest BCUT2D eigenvalue weighted by Crippen LogP contribution is 2.27. The highest BCUT2D eigenvalue weighted by molar-refractivity contribution is 7.99. The summed E-state index contributed by atoms with van der Waals surface area (Å²) in [7, 11) is 0. The molecule has 7 heteroatoms. The number of hydrogen-bond donors (Lipinski definition) is 1. The van der Waals surface area contributed by atoms with E-state index in [4.69, 9.17) is 11.6 Å². The summed E-state index contributed by atoms with van der Waals surface area (Å²) in [4.78, 5) is 22.4. The summed E-state index contributed by atoms with van der Waals surface area (Å²) in [5.41, 5.74) is 1.29. The molecule has 3 aromatic carbocycles. The molecule has 0 spiro atoms. The molecule has 1 N–H and O–H groups in total. The van der Waals surface area contributed by atoms with Crippen LogP contribution >= 0.6 is 23.4 Å². The molecule has 5 nitrogen and oxygen atoms in total. The zero-order valence-corrected chi connectivity index (χ0v) is 15.2. The number of nitrogens with one attached hydrogen (secondary N) is 1. The van der Waals surface area contributed by atoms with Crippen molar-refractivity contribution >= 4 is 51.4 Å². The quantitative estimate of drug-likeness (QED) is 0.462. The maximum atomic E-state index is 12.1. The van der Waals surface area contributed by atoms with Gasteiger partial charge in [0.15, 0.2) is 0 Å². The lowest BCUT2D eigenvalue weighted by molar-refractivity contribution is -0.384. The predicted molar refractivity (Wildman–Crippen MR) is 107 cm³/mol. The third-order valence-corrected chi connectivity index (χ3v) is 5.12. The number of carbonyl (C=O) groups is 1. The van der Waals surface area contributed by atoms with Crippen LogP contribution in [0.4, 0.5) is 11.4 Å². The molecular weight excluding hydrogens is 372 g/mol. The summed E-state index contributed by atoms with van der Waals surface area (Å²) in [6.07, 6.45) is 0. The number of halogens is 1. The van der Waals surface area contributed by atoms with Crippen LogP contribution in [0.15, 0.2) is 60.7 Å². The van der Waals surface area contributed by atoms with Crippen molar-refractivity contribution in [3.63, 3.8) is 0 Å². The molecule has 0 aromatic heterocycles. The molecule has 3 rings (SSSR count). The highest BCUT2D eigenvalue weighted by atomic mass is 35.5.